The van der Waals surface area contributed by atoms with Crippen molar-refractivity contribution in [3.05, 3.63) is 70.0 Å². The molecule has 0 saturated carbocycles. The second-order valence-electron chi connectivity index (χ2n) is 7.67. The fraction of sp³-hybridized carbons (Fsp3) is 0.261. The van der Waals surface area contributed by atoms with E-state index >= 15 is 0 Å². The molecule has 2 heterocycles. The van der Waals surface area contributed by atoms with Gasteiger partial charge < -0.3 is 20.2 Å². The van der Waals surface area contributed by atoms with E-state index in [4.69, 9.17) is 0 Å². The summed E-state index contributed by atoms with van der Waals surface area (Å²) in [6, 6.07) is 8.39. The Morgan fingerprint density at radius 1 is 1.12 bits per heavy atom. The molecule has 0 saturated heterocycles. The number of anilines is 1. The Labute approximate surface area is 194 Å². The summed E-state index contributed by atoms with van der Waals surface area (Å²) < 4.78 is 14.1. The van der Waals surface area contributed by atoms with Crippen LogP contribution in [0, 0.1) is 5.82 Å². The zero-order valence-electron chi connectivity index (χ0n) is 18.9. The molecule has 1 aromatic carbocycles. The van der Waals surface area contributed by atoms with E-state index in [-0.39, 0.29) is 24.4 Å². The minimum atomic E-state index is -0.915. The molecule has 0 aliphatic carbocycles. The molecular formula is C23H24FN5O5. The molecule has 0 spiro atoms. The number of aromatic nitrogens is 2. The second-order valence-corrected chi connectivity index (χ2v) is 7.67. The number of nitrogens with zero attached hydrogens (tertiary/aromatic N) is 4. The molecule has 0 aliphatic rings. The predicted molar refractivity (Wildman–Crippen MR) is 122 cm³/mol. The van der Waals surface area contributed by atoms with E-state index in [0.29, 0.717) is 12.0 Å². The maximum absolute atomic E-state index is 13.1. The number of benzene rings is 1. The fourth-order valence-electron chi connectivity index (χ4n) is 3.24. The van der Waals surface area contributed by atoms with Crippen molar-refractivity contribution in [2.75, 3.05) is 25.5 Å². The molecule has 0 atom stereocenters. The Morgan fingerprint density at radius 2 is 1.79 bits per heavy atom. The van der Waals surface area contributed by atoms with Gasteiger partial charge in [-0.15, -0.1) is 0 Å². The Hall–Kier alpha value is -4.28. The van der Waals surface area contributed by atoms with Crippen LogP contribution < -0.4 is 15.8 Å². The van der Waals surface area contributed by atoms with Crippen molar-refractivity contribution >= 4 is 29.1 Å². The van der Waals surface area contributed by atoms with Crippen LogP contribution in [0.2, 0.25) is 0 Å². The Balaban J connectivity index is 2.05. The lowest BCUT2D eigenvalue weighted by Crippen LogP contribution is -2.43. The zero-order valence-corrected chi connectivity index (χ0v) is 18.9. The smallest absolute Gasteiger partial charge is 0.316 e. The van der Waals surface area contributed by atoms with Crippen molar-refractivity contribution in [2.24, 2.45) is 0 Å². The van der Waals surface area contributed by atoms with Crippen molar-refractivity contribution in [3.8, 4) is 5.75 Å². The van der Waals surface area contributed by atoms with E-state index in [1.54, 1.807) is 0 Å². The summed E-state index contributed by atoms with van der Waals surface area (Å²) in [6.45, 7) is 1.96. The summed E-state index contributed by atoms with van der Waals surface area (Å²) in [5.74, 6) is -3.74. The summed E-state index contributed by atoms with van der Waals surface area (Å²) in [4.78, 5) is 57.2. The predicted octanol–water partition coefficient (Wildman–Crippen LogP) is 1.30. The minimum absolute atomic E-state index is 0.000960. The van der Waals surface area contributed by atoms with Crippen molar-refractivity contribution in [2.45, 2.75) is 19.9 Å². The molecule has 3 aromatic rings. The molecule has 34 heavy (non-hydrogen) atoms. The summed E-state index contributed by atoms with van der Waals surface area (Å²) in [6.07, 6.45) is 1.83. The number of amides is 3. The molecule has 0 unspecified atom stereocenters. The van der Waals surface area contributed by atoms with Gasteiger partial charge in [0.15, 0.2) is 11.3 Å². The van der Waals surface area contributed by atoms with Crippen LogP contribution in [0.1, 0.15) is 29.4 Å². The molecule has 0 aliphatic heterocycles. The number of fused-ring (bicyclic) bond motifs is 1. The SMILES string of the molecule is CCCN(C(=O)C(=O)N(C)C)c1cccn2c(=O)c(O)c(C(=O)NCc3ccc(F)cc3)nc12. The molecule has 10 nitrogen and oxygen atoms in total. The zero-order chi connectivity index (χ0) is 25.0. The number of hydrogen-bond acceptors (Lipinski definition) is 6. The van der Waals surface area contributed by atoms with Gasteiger partial charge >= 0.3 is 17.4 Å². The molecule has 3 rings (SSSR count). The number of halogens is 1. The largest absolute Gasteiger partial charge is 0.501 e. The van der Waals surface area contributed by atoms with E-state index < -0.39 is 40.5 Å². The number of nitrogens with one attached hydrogen (secondary N) is 1. The van der Waals surface area contributed by atoms with Crippen LogP contribution in [0.25, 0.3) is 5.65 Å². The number of carbonyl (C=O) groups is 3. The van der Waals surface area contributed by atoms with Crippen LogP contribution in [0.3, 0.4) is 0 Å². The van der Waals surface area contributed by atoms with E-state index in [9.17, 15) is 28.7 Å². The molecule has 0 fully saturated rings. The number of carbonyl (C=O) groups excluding carboxylic acids is 3. The van der Waals surface area contributed by atoms with Gasteiger partial charge in [-0.1, -0.05) is 19.1 Å². The van der Waals surface area contributed by atoms with Crippen molar-refractivity contribution < 1.29 is 23.9 Å². The standard InChI is InChI=1S/C23H24FN5O5/c1-4-11-28(23(34)22(33)27(2)3)16-6-5-12-29-19(16)26-17(18(30)21(29)32)20(31)25-13-14-7-9-15(24)10-8-14/h5-10,12,30H,4,11,13H2,1-3H3,(H,25,31). The molecular weight excluding hydrogens is 445 g/mol. The van der Waals surface area contributed by atoms with Crippen molar-refractivity contribution in [3.63, 3.8) is 0 Å². The molecule has 3 amide bonds. The Morgan fingerprint density at radius 3 is 2.41 bits per heavy atom. The minimum Gasteiger partial charge on any atom is -0.501 e. The first-order chi connectivity index (χ1) is 16.1. The number of aromatic hydroxyl groups is 1. The lowest BCUT2D eigenvalue weighted by atomic mass is 10.2. The first kappa shape index (κ1) is 24.4. The topological polar surface area (TPSA) is 124 Å². The first-order valence-electron chi connectivity index (χ1n) is 10.5. The lowest BCUT2D eigenvalue weighted by Gasteiger charge is -2.24. The normalized spacial score (nSPS) is 10.7. The average Bonchev–Trinajstić information content (AvgIpc) is 2.83. The summed E-state index contributed by atoms with van der Waals surface area (Å²) in [5.41, 5.74) is -0.807. The van der Waals surface area contributed by atoms with Gasteiger partial charge in [0.05, 0.1) is 5.69 Å². The van der Waals surface area contributed by atoms with Gasteiger partial charge in [0.25, 0.3) is 5.91 Å². The molecule has 11 heteroatoms. The van der Waals surface area contributed by atoms with Crippen molar-refractivity contribution in [1.82, 2.24) is 19.6 Å². The summed E-state index contributed by atoms with van der Waals surface area (Å²) in [5, 5.41) is 12.9. The van der Waals surface area contributed by atoms with E-state index in [1.165, 1.54) is 61.6 Å². The Bertz CT molecular complexity index is 1300. The van der Waals surface area contributed by atoms with Crippen LogP contribution >= 0.6 is 0 Å². The quantitative estimate of drug-likeness (QED) is 0.525. The van der Waals surface area contributed by atoms with Gasteiger partial charge in [0.2, 0.25) is 5.75 Å². The van der Waals surface area contributed by atoms with Crippen LogP contribution in [-0.4, -0.2) is 57.8 Å². The third-order valence-corrected chi connectivity index (χ3v) is 4.96. The molecule has 0 radical (unpaired) electrons. The van der Waals surface area contributed by atoms with Crippen molar-refractivity contribution in [1.29, 1.82) is 0 Å². The average molecular weight is 469 g/mol. The third-order valence-electron chi connectivity index (χ3n) is 4.96. The Kier molecular flexibility index (Phi) is 7.24. The van der Waals surface area contributed by atoms with Crippen LogP contribution in [0.5, 0.6) is 5.75 Å². The number of hydrogen-bond donors (Lipinski definition) is 2. The highest BCUT2D eigenvalue weighted by atomic mass is 19.1. The highest BCUT2D eigenvalue weighted by molar-refractivity contribution is 6.40. The monoisotopic (exact) mass is 469 g/mol. The third kappa shape index (κ3) is 4.87. The van der Waals surface area contributed by atoms with Gasteiger partial charge in [-0.25, -0.2) is 9.37 Å². The highest BCUT2D eigenvalue weighted by Crippen LogP contribution is 2.22. The van der Waals surface area contributed by atoms with Crippen LogP contribution in [0.15, 0.2) is 47.4 Å². The molecule has 2 N–H and O–H groups in total. The van der Waals surface area contributed by atoms with E-state index in [2.05, 4.69) is 10.3 Å². The molecule has 0 bridgehead atoms. The maximum Gasteiger partial charge on any atom is 0.316 e. The van der Waals surface area contributed by atoms with E-state index in [1.807, 2.05) is 6.92 Å². The van der Waals surface area contributed by atoms with E-state index in [0.717, 1.165) is 9.30 Å². The number of pyridine rings is 1. The van der Waals surface area contributed by atoms with Crippen LogP contribution in [-0.2, 0) is 16.1 Å². The van der Waals surface area contributed by atoms with Gasteiger partial charge in [-0.2, -0.15) is 0 Å². The van der Waals surface area contributed by atoms with Gasteiger partial charge in [-0.05, 0) is 36.2 Å². The summed E-state index contributed by atoms with van der Waals surface area (Å²) >= 11 is 0. The van der Waals surface area contributed by atoms with Gasteiger partial charge in [0, 0.05) is 33.4 Å². The second kappa shape index (κ2) is 10.1. The molecule has 178 valence electrons. The number of likely N-dealkylation sites (N-methyl/N-ethyl adjacent to an activating group) is 1. The maximum atomic E-state index is 13.1. The summed E-state index contributed by atoms with van der Waals surface area (Å²) in [7, 11) is 2.88. The van der Waals surface area contributed by atoms with Gasteiger partial charge in [-0.3, -0.25) is 23.6 Å². The lowest BCUT2D eigenvalue weighted by molar-refractivity contribution is -0.142. The van der Waals surface area contributed by atoms with Gasteiger partial charge in [0.1, 0.15) is 5.82 Å². The highest BCUT2D eigenvalue weighted by Gasteiger charge is 2.28. The molecule has 2 aromatic heterocycles. The fourth-order valence-corrected chi connectivity index (χ4v) is 3.24. The number of rotatable bonds is 6. The van der Waals surface area contributed by atoms with Crippen LogP contribution in [0.4, 0.5) is 10.1 Å². The first-order valence-corrected chi connectivity index (χ1v) is 10.5.